The maximum Gasteiger partial charge on any atom is 0.291 e. The Morgan fingerprint density at radius 1 is 0.844 bits per heavy atom. The molecule has 7 nitrogen and oxygen atoms in total. The van der Waals surface area contributed by atoms with E-state index in [-0.39, 0.29) is 16.8 Å². The minimum absolute atomic E-state index is 0.111. The number of fused-ring (bicyclic) bond motifs is 1. The molecule has 4 aromatic rings. The van der Waals surface area contributed by atoms with Gasteiger partial charge in [-0.15, -0.1) is 0 Å². The molecule has 0 atom stereocenters. The van der Waals surface area contributed by atoms with E-state index >= 15 is 0 Å². The fourth-order valence-electron chi connectivity index (χ4n) is 3.17. The van der Waals surface area contributed by atoms with Gasteiger partial charge in [-0.05, 0) is 65.5 Å². The fourth-order valence-corrected chi connectivity index (χ4v) is 3.38. The van der Waals surface area contributed by atoms with Crippen LogP contribution in [-0.4, -0.2) is 24.0 Å². The lowest BCUT2D eigenvalue weighted by molar-refractivity contribution is 0.0972. The minimum Gasteiger partial charge on any atom is -0.496 e. The normalized spacial score (nSPS) is 10.4. The van der Waals surface area contributed by atoms with E-state index < -0.39 is 5.91 Å². The van der Waals surface area contributed by atoms with Crippen LogP contribution >= 0.6 is 12.2 Å². The van der Waals surface area contributed by atoms with E-state index in [0.717, 1.165) is 10.8 Å². The van der Waals surface area contributed by atoms with Crippen LogP contribution in [0.1, 0.15) is 20.9 Å². The number of rotatable bonds is 5. The Kier molecular flexibility index (Phi) is 6.14. The monoisotopic (exact) mass is 445 g/mol. The zero-order valence-corrected chi connectivity index (χ0v) is 17.9. The molecule has 160 valence electrons. The number of nitrogens with one attached hydrogen (secondary N) is 3. The second-order valence-electron chi connectivity index (χ2n) is 6.82. The zero-order valence-electron chi connectivity index (χ0n) is 17.0. The average molecular weight is 446 g/mol. The number of thiocarbonyl (C=S) groups is 1. The van der Waals surface area contributed by atoms with Gasteiger partial charge in [-0.1, -0.05) is 30.3 Å². The van der Waals surface area contributed by atoms with Crippen LogP contribution in [0, 0.1) is 0 Å². The highest BCUT2D eigenvalue weighted by Crippen LogP contribution is 2.26. The van der Waals surface area contributed by atoms with Gasteiger partial charge in [0.1, 0.15) is 5.75 Å². The number of amides is 2. The SMILES string of the molecule is COc1cc2ccccc2cc1C(=O)NC(=S)Nc1cccc(NC(=O)c2ccco2)c1. The second-order valence-corrected chi connectivity index (χ2v) is 7.23. The van der Waals surface area contributed by atoms with Crippen molar-refractivity contribution in [2.45, 2.75) is 0 Å². The summed E-state index contributed by atoms with van der Waals surface area (Å²) in [5.41, 5.74) is 1.51. The molecule has 2 amide bonds. The molecule has 0 bridgehead atoms. The summed E-state index contributed by atoms with van der Waals surface area (Å²) in [6.07, 6.45) is 1.43. The van der Waals surface area contributed by atoms with Crippen molar-refractivity contribution in [1.29, 1.82) is 0 Å². The fraction of sp³-hybridized carbons (Fsp3) is 0.0417. The number of benzene rings is 3. The van der Waals surface area contributed by atoms with Gasteiger partial charge in [-0.25, -0.2) is 0 Å². The van der Waals surface area contributed by atoms with E-state index in [2.05, 4.69) is 16.0 Å². The van der Waals surface area contributed by atoms with Crippen LogP contribution in [0.4, 0.5) is 11.4 Å². The van der Waals surface area contributed by atoms with Gasteiger partial charge in [0.05, 0.1) is 18.9 Å². The number of hydrogen-bond acceptors (Lipinski definition) is 5. The third-order valence-electron chi connectivity index (χ3n) is 4.66. The molecule has 0 aliphatic rings. The third-order valence-corrected chi connectivity index (χ3v) is 4.87. The first kappa shape index (κ1) is 21.1. The third kappa shape index (κ3) is 4.76. The second kappa shape index (κ2) is 9.32. The molecule has 4 rings (SSSR count). The number of hydrogen-bond donors (Lipinski definition) is 3. The molecule has 8 heteroatoms. The summed E-state index contributed by atoms with van der Waals surface area (Å²) in [5, 5.41) is 10.3. The van der Waals surface area contributed by atoms with E-state index in [1.807, 2.05) is 30.3 Å². The molecule has 0 radical (unpaired) electrons. The standard InChI is InChI=1S/C24H19N3O4S/c1-30-21-13-16-7-3-2-6-15(16)12-19(21)22(28)27-24(32)26-18-9-4-8-17(14-18)25-23(29)20-10-5-11-31-20/h2-14H,1H3,(H,25,29)(H2,26,27,28,32). The maximum absolute atomic E-state index is 12.8. The Labute approximate surface area is 189 Å². The summed E-state index contributed by atoms with van der Waals surface area (Å²) in [6, 6.07) is 21.4. The van der Waals surface area contributed by atoms with Crippen molar-refractivity contribution < 1.29 is 18.7 Å². The molecule has 3 aromatic carbocycles. The van der Waals surface area contributed by atoms with Crippen LogP contribution in [0.15, 0.2) is 83.5 Å². The summed E-state index contributed by atoms with van der Waals surface area (Å²) in [7, 11) is 1.51. The Morgan fingerprint density at radius 3 is 2.25 bits per heavy atom. The highest BCUT2D eigenvalue weighted by molar-refractivity contribution is 7.80. The van der Waals surface area contributed by atoms with Crippen LogP contribution in [0.5, 0.6) is 5.75 Å². The Morgan fingerprint density at radius 2 is 1.56 bits per heavy atom. The van der Waals surface area contributed by atoms with E-state index in [9.17, 15) is 9.59 Å². The Balaban J connectivity index is 1.44. The lowest BCUT2D eigenvalue weighted by atomic mass is 10.1. The molecular formula is C24H19N3O4S. The quantitative estimate of drug-likeness (QED) is 0.382. The van der Waals surface area contributed by atoms with Crippen LogP contribution in [0.2, 0.25) is 0 Å². The van der Waals surface area contributed by atoms with E-state index in [0.29, 0.717) is 22.7 Å². The highest BCUT2D eigenvalue weighted by atomic mass is 32.1. The van der Waals surface area contributed by atoms with E-state index in [1.165, 1.54) is 13.4 Å². The summed E-state index contributed by atoms with van der Waals surface area (Å²) < 4.78 is 10.5. The van der Waals surface area contributed by atoms with Gasteiger partial charge in [0.15, 0.2) is 10.9 Å². The minimum atomic E-state index is -0.396. The smallest absolute Gasteiger partial charge is 0.291 e. The van der Waals surface area contributed by atoms with Crippen molar-refractivity contribution in [2.24, 2.45) is 0 Å². The molecular weight excluding hydrogens is 426 g/mol. The molecule has 0 saturated heterocycles. The van der Waals surface area contributed by atoms with Gasteiger partial charge < -0.3 is 19.8 Å². The summed E-state index contributed by atoms with van der Waals surface area (Å²) in [6.45, 7) is 0. The van der Waals surface area contributed by atoms with Crippen molar-refractivity contribution in [3.8, 4) is 5.75 Å². The molecule has 1 aromatic heterocycles. The highest BCUT2D eigenvalue weighted by Gasteiger charge is 2.15. The van der Waals surface area contributed by atoms with Gasteiger partial charge in [0.2, 0.25) is 0 Å². The van der Waals surface area contributed by atoms with Crippen LogP contribution in [0.3, 0.4) is 0 Å². The molecule has 1 heterocycles. The number of carbonyl (C=O) groups is 2. The van der Waals surface area contributed by atoms with Gasteiger partial charge in [0, 0.05) is 11.4 Å². The number of anilines is 2. The van der Waals surface area contributed by atoms with Crippen molar-refractivity contribution >= 4 is 51.3 Å². The molecule has 3 N–H and O–H groups in total. The predicted molar refractivity (Wildman–Crippen MR) is 127 cm³/mol. The molecule has 0 saturated carbocycles. The van der Waals surface area contributed by atoms with Gasteiger partial charge in [0.25, 0.3) is 11.8 Å². The summed E-state index contributed by atoms with van der Waals surface area (Å²) in [5.74, 6) is -0.110. The first-order valence-electron chi connectivity index (χ1n) is 9.67. The molecule has 0 aliphatic carbocycles. The summed E-state index contributed by atoms with van der Waals surface area (Å²) >= 11 is 5.30. The number of methoxy groups -OCH3 is 1. The van der Waals surface area contributed by atoms with Crippen molar-refractivity contribution in [2.75, 3.05) is 17.7 Å². The molecule has 0 spiro atoms. The number of ether oxygens (including phenoxy) is 1. The topological polar surface area (TPSA) is 92.6 Å². The largest absolute Gasteiger partial charge is 0.496 e. The van der Waals surface area contributed by atoms with Crippen molar-refractivity contribution in [3.63, 3.8) is 0 Å². The van der Waals surface area contributed by atoms with E-state index in [1.54, 1.807) is 42.5 Å². The van der Waals surface area contributed by atoms with Crippen LogP contribution < -0.4 is 20.7 Å². The van der Waals surface area contributed by atoms with Gasteiger partial charge in [-0.2, -0.15) is 0 Å². The Bertz CT molecular complexity index is 1300. The molecule has 0 aliphatic heterocycles. The lowest BCUT2D eigenvalue weighted by Crippen LogP contribution is -2.34. The molecule has 0 unspecified atom stereocenters. The zero-order chi connectivity index (χ0) is 22.5. The molecule has 32 heavy (non-hydrogen) atoms. The number of furan rings is 1. The Hall–Kier alpha value is -4.17. The van der Waals surface area contributed by atoms with Crippen molar-refractivity contribution in [3.05, 3.63) is 90.4 Å². The first-order valence-corrected chi connectivity index (χ1v) is 10.1. The lowest BCUT2D eigenvalue weighted by Gasteiger charge is -2.13. The average Bonchev–Trinajstić information content (AvgIpc) is 3.33. The predicted octanol–water partition coefficient (Wildman–Crippen LogP) is 4.82. The molecule has 0 fully saturated rings. The van der Waals surface area contributed by atoms with E-state index in [4.69, 9.17) is 21.4 Å². The van der Waals surface area contributed by atoms with Gasteiger partial charge in [-0.3, -0.25) is 14.9 Å². The van der Waals surface area contributed by atoms with Crippen molar-refractivity contribution in [1.82, 2.24) is 5.32 Å². The number of carbonyl (C=O) groups excluding carboxylic acids is 2. The van der Waals surface area contributed by atoms with Crippen LogP contribution in [0.25, 0.3) is 10.8 Å². The summed E-state index contributed by atoms with van der Waals surface area (Å²) in [4.78, 5) is 25.0. The maximum atomic E-state index is 12.8. The van der Waals surface area contributed by atoms with Crippen LogP contribution in [-0.2, 0) is 0 Å². The van der Waals surface area contributed by atoms with Gasteiger partial charge >= 0.3 is 0 Å². The first-order chi connectivity index (χ1) is 15.5.